The van der Waals surface area contributed by atoms with Crippen molar-refractivity contribution in [2.45, 2.75) is 25.4 Å². The maximum absolute atomic E-state index is 11.5. The molecule has 1 saturated heterocycles. The molecule has 7 nitrogen and oxygen atoms in total. The molecule has 1 aliphatic heterocycles. The van der Waals surface area contributed by atoms with Crippen LogP contribution in [0.25, 0.3) is 11.3 Å². The Bertz CT molecular complexity index is 1340. The van der Waals surface area contributed by atoms with Crippen LogP contribution in [0, 0.1) is 10.1 Å². The summed E-state index contributed by atoms with van der Waals surface area (Å²) in [4.78, 5) is 17.7. The molecule has 0 spiro atoms. The van der Waals surface area contributed by atoms with E-state index in [1.54, 1.807) is 30.5 Å². The second-order valence-corrected chi connectivity index (χ2v) is 8.38. The molecule has 5 rings (SSSR count). The highest BCUT2D eigenvalue weighted by atomic mass is 32.1. The molecule has 3 heterocycles. The summed E-state index contributed by atoms with van der Waals surface area (Å²) < 4.78 is 6.27. The van der Waals surface area contributed by atoms with Crippen LogP contribution < -0.4 is 10.2 Å². The van der Waals surface area contributed by atoms with Gasteiger partial charge in [-0.15, -0.1) is 0 Å². The summed E-state index contributed by atoms with van der Waals surface area (Å²) in [5, 5.41) is 15.5. The summed E-state index contributed by atoms with van der Waals surface area (Å²) in [7, 11) is 0. The Morgan fingerprint density at radius 3 is 2.53 bits per heavy atom. The Labute approximate surface area is 202 Å². The van der Waals surface area contributed by atoms with E-state index in [0.29, 0.717) is 22.2 Å². The van der Waals surface area contributed by atoms with Gasteiger partial charge in [0.2, 0.25) is 0 Å². The molecule has 2 aromatic carbocycles. The molecule has 0 unspecified atom stereocenters. The quantitative estimate of drug-likeness (QED) is 0.210. The topological polar surface area (TPSA) is 84.4 Å². The molecule has 0 aliphatic carbocycles. The van der Waals surface area contributed by atoms with Crippen molar-refractivity contribution in [1.29, 1.82) is 0 Å². The maximum Gasteiger partial charge on any atom is 0.280 e. The summed E-state index contributed by atoms with van der Waals surface area (Å²) in [5.41, 5.74) is 3.42. The zero-order valence-electron chi connectivity index (χ0n) is 18.4. The SMILES string of the molecule is CCc1ccc(N2C(=S)N[C@H](c3ccccn3)[C@@H]2c2ccc(-c3ccccc3[N+](=O)[O-])o2)cc1. The molecule has 1 fully saturated rings. The van der Waals surface area contributed by atoms with E-state index < -0.39 is 4.92 Å². The predicted molar refractivity (Wildman–Crippen MR) is 135 cm³/mol. The van der Waals surface area contributed by atoms with Gasteiger partial charge in [0.15, 0.2) is 5.11 Å². The minimum atomic E-state index is -0.401. The smallest absolute Gasteiger partial charge is 0.280 e. The largest absolute Gasteiger partial charge is 0.459 e. The monoisotopic (exact) mass is 470 g/mol. The number of nitrogens with one attached hydrogen (secondary N) is 1. The minimum absolute atomic E-state index is 0.00301. The summed E-state index contributed by atoms with van der Waals surface area (Å²) in [6.07, 6.45) is 2.69. The molecule has 1 N–H and O–H groups in total. The van der Waals surface area contributed by atoms with Crippen LogP contribution in [0.1, 0.15) is 36.0 Å². The van der Waals surface area contributed by atoms with Crippen molar-refractivity contribution >= 4 is 28.7 Å². The molecule has 170 valence electrons. The van der Waals surface area contributed by atoms with Crippen molar-refractivity contribution in [3.8, 4) is 11.3 Å². The van der Waals surface area contributed by atoms with Crippen LogP contribution in [0.2, 0.25) is 0 Å². The molecule has 34 heavy (non-hydrogen) atoms. The van der Waals surface area contributed by atoms with Gasteiger partial charge in [0.25, 0.3) is 5.69 Å². The number of para-hydroxylation sites is 1. The first-order valence-corrected chi connectivity index (χ1v) is 11.4. The van der Waals surface area contributed by atoms with Gasteiger partial charge in [-0.3, -0.25) is 15.1 Å². The molecule has 0 radical (unpaired) electrons. The Balaban J connectivity index is 1.60. The number of aryl methyl sites for hydroxylation is 1. The van der Waals surface area contributed by atoms with Gasteiger partial charge in [0.1, 0.15) is 17.6 Å². The molecule has 4 aromatic rings. The molecule has 2 aromatic heterocycles. The first-order chi connectivity index (χ1) is 16.6. The van der Waals surface area contributed by atoms with E-state index >= 15 is 0 Å². The molecular weight excluding hydrogens is 448 g/mol. The number of nitrogens with zero attached hydrogens (tertiary/aromatic N) is 3. The lowest BCUT2D eigenvalue weighted by atomic mass is 10.0. The van der Waals surface area contributed by atoms with Gasteiger partial charge < -0.3 is 14.6 Å². The van der Waals surface area contributed by atoms with Crippen molar-refractivity contribution in [3.63, 3.8) is 0 Å². The number of rotatable bonds is 6. The van der Waals surface area contributed by atoms with Crippen molar-refractivity contribution in [1.82, 2.24) is 10.3 Å². The minimum Gasteiger partial charge on any atom is -0.459 e. The number of furan rings is 1. The van der Waals surface area contributed by atoms with Gasteiger partial charge in [-0.1, -0.05) is 37.3 Å². The highest BCUT2D eigenvalue weighted by Crippen LogP contribution is 2.43. The van der Waals surface area contributed by atoms with Crippen molar-refractivity contribution < 1.29 is 9.34 Å². The van der Waals surface area contributed by atoms with Crippen LogP contribution in [0.3, 0.4) is 0 Å². The third-order valence-corrected chi connectivity index (χ3v) is 6.32. The number of hydrogen-bond donors (Lipinski definition) is 1. The highest BCUT2D eigenvalue weighted by Gasteiger charge is 2.42. The summed E-state index contributed by atoms with van der Waals surface area (Å²) in [6, 6.07) is 23.6. The van der Waals surface area contributed by atoms with Crippen molar-refractivity contribution in [3.05, 3.63) is 112 Å². The second-order valence-electron chi connectivity index (χ2n) is 7.99. The summed E-state index contributed by atoms with van der Waals surface area (Å²) in [5.74, 6) is 1.07. The van der Waals surface area contributed by atoms with E-state index in [0.717, 1.165) is 17.8 Å². The van der Waals surface area contributed by atoms with E-state index in [1.165, 1.54) is 11.6 Å². The Kier molecular flexibility index (Phi) is 5.81. The number of anilines is 1. The summed E-state index contributed by atoms with van der Waals surface area (Å²) >= 11 is 5.75. The first-order valence-electron chi connectivity index (χ1n) is 11.0. The van der Waals surface area contributed by atoms with Gasteiger partial charge in [0, 0.05) is 18.0 Å². The third kappa shape index (κ3) is 3.92. The third-order valence-electron chi connectivity index (χ3n) is 6.01. The van der Waals surface area contributed by atoms with Crippen LogP contribution in [-0.4, -0.2) is 15.0 Å². The molecular formula is C26H22N4O3S. The zero-order valence-corrected chi connectivity index (χ0v) is 19.2. The fourth-order valence-electron chi connectivity index (χ4n) is 4.31. The Hall–Kier alpha value is -4.04. The van der Waals surface area contributed by atoms with Crippen LogP contribution in [-0.2, 0) is 6.42 Å². The Morgan fingerprint density at radius 1 is 1.06 bits per heavy atom. The maximum atomic E-state index is 11.5. The first kappa shape index (κ1) is 21.8. The number of thiocarbonyl (C=S) groups is 1. The normalized spacial score (nSPS) is 17.6. The molecule has 1 aliphatic rings. The average molecular weight is 471 g/mol. The number of nitro benzene ring substituents is 1. The molecule has 0 bridgehead atoms. The van der Waals surface area contributed by atoms with Crippen molar-refractivity contribution in [2.75, 3.05) is 4.90 Å². The van der Waals surface area contributed by atoms with Crippen molar-refractivity contribution in [2.24, 2.45) is 0 Å². The van der Waals surface area contributed by atoms with Gasteiger partial charge in [-0.2, -0.15) is 0 Å². The molecule has 8 heteroatoms. The van der Waals surface area contributed by atoms with E-state index in [1.807, 2.05) is 41.3 Å². The standard InChI is InChI=1S/C26H22N4O3S/c1-2-17-10-12-18(13-11-17)29-25(24(28-26(29)34)20-8-5-6-16-27-20)23-15-14-22(33-23)19-7-3-4-9-21(19)30(31)32/h3-16,24-25H,2H2,1H3,(H,28,34)/t24-,25+/m1/s1. The van der Waals surface area contributed by atoms with Gasteiger partial charge >= 0.3 is 0 Å². The van der Waals surface area contributed by atoms with Gasteiger partial charge in [0.05, 0.1) is 22.2 Å². The van der Waals surface area contributed by atoms with Crippen LogP contribution in [0.5, 0.6) is 0 Å². The lowest BCUT2D eigenvalue weighted by Crippen LogP contribution is -2.29. The van der Waals surface area contributed by atoms with E-state index in [2.05, 4.69) is 29.4 Å². The second kappa shape index (κ2) is 9.07. The number of nitro groups is 1. The number of pyridine rings is 1. The number of benzene rings is 2. The molecule has 0 saturated carbocycles. The predicted octanol–water partition coefficient (Wildman–Crippen LogP) is 5.99. The van der Waals surface area contributed by atoms with E-state index in [4.69, 9.17) is 16.6 Å². The number of hydrogen-bond acceptors (Lipinski definition) is 5. The fourth-order valence-corrected chi connectivity index (χ4v) is 4.66. The molecule has 2 atom stereocenters. The summed E-state index contributed by atoms with van der Waals surface area (Å²) in [6.45, 7) is 2.12. The van der Waals surface area contributed by atoms with Gasteiger partial charge in [-0.25, -0.2) is 0 Å². The fraction of sp³-hybridized carbons (Fsp3) is 0.154. The van der Waals surface area contributed by atoms with Crippen LogP contribution in [0.4, 0.5) is 11.4 Å². The van der Waals surface area contributed by atoms with Crippen LogP contribution >= 0.6 is 12.2 Å². The zero-order chi connectivity index (χ0) is 23.7. The van der Waals surface area contributed by atoms with E-state index in [9.17, 15) is 10.1 Å². The highest BCUT2D eigenvalue weighted by molar-refractivity contribution is 7.80. The van der Waals surface area contributed by atoms with Crippen LogP contribution in [0.15, 0.2) is 89.5 Å². The average Bonchev–Trinajstić information content (AvgIpc) is 3.49. The lowest BCUT2D eigenvalue weighted by molar-refractivity contribution is -0.384. The van der Waals surface area contributed by atoms with E-state index in [-0.39, 0.29) is 17.8 Å². The number of aromatic nitrogens is 1. The molecule has 0 amide bonds. The van der Waals surface area contributed by atoms with Gasteiger partial charge in [-0.05, 0) is 66.7 Å². The Morgan fingerprint density at radius 2 is 1.82 bits per heavy atom. The lowest BCUT2D eigenvalue weighted by Gasteiger charge is -2.26.